The van der Waals surface area contributed by atoms with E-state index in [1.807, 2.05) is 48.5 Å². The van der Waals surface area contributed by atoms with Crippen LogP contribution in [0.5, 0.6) is 11.5 Å². The number of nitrogens with zero attached hydrogens (tertiary/aromatic N) is 2. The van der Waals surface area contributed by atoms with Crippen molar-refractivity contribution in [3.05, 3.63) is 70.1 Å². The number of H-pyrrole nitrogens is 1. The van der Waals surface area contributed by atoms with Crippen molar-refractivity contribution in [2.45, 2.75) is 0 Å². The predicted octanol–water partition coefficient (Wildman–Crippen LogP) is 4.81. The molecular formula is C14H11Br2N3O. The van der Waals surface area contributed by atoms with Crippen LogP contribution in [-0.4, -0.2) is 15.2 Å². The number of aromatic amines is 1. The summed E-state index contributed by atoms with van der Waals surface area (Å²) < 4.78 is 7.74. The van der Waals surface area contributed by atoms with Crippen molar-refractivity contribution < 1.29 is 4.74 Å². The molecule has 0 atom stereocenters. The lowest BCUT2D eigenvalue weighted by Gasteiger charge is -2.05. The SMILES string of the molecule is Brc1ccc(Oc2ccc(Br)cc2)cc1.c1nc[nH]n1. The number of benzene rings is 2. The summed E-state index contributed by atoms with van der Waals surface area (Å²) in [6.07, 6.45) is 2.96. The minimum atomic E-state index is 0.834. The zero-order chi connectivity index (χ0) is 14.2. The fraction of sp³-hybridized carbons (Fsp3) is 0. The summed E-state index contributed by atoms with van der Waals surface area (Å²) in [5.41, 5.74) is 0. The molecule has 0 radical (unpaired) electrons. The molecule has 20 heavy (non-hydrogen) atoms. The lowest BCUT2D eigenvalue weighted by molar-refractivity contribution is 0.482. The van der Waals surface area contributed by atoms with Crippen molar-refractivity contribution in [3.8, 4) is 11.5 Å². The van der Waals surface area contributed by atoms with E-state index in [0.29, 0.717) is 0 Å². The monoisotopic (exact) mass is 395 g/mol. The smallest absolute Gasteiger partial charge is 0.137 e. The van der Waals surface area contributed by atoms with Crippen molar-refractivity contribution in [2.75, 3.05) is 0 Å². The standard InChI is InChI=1S/C12H8Br2O.C2H3N3/c13-9-1-5-11(6-2-9)15-12-7-3-10(14)4-8-12;1-3-2-5-4-1/h1-8H;1-2H,(H,3,4,5). The molecule has 0 aliphatic rings. The van der Waals surface area contributed by atoms with Crippen molar-refractivity contribution in [1.82, 2.24) is 15.2 Å². The molecule has 1 heterocycles. The van der Waals surface area contributed by atoms with Gasteiger partial charge in [-0.05, 0) is 48.5 Å². The van der Waals surface area contributed by atoms with Crippen LogP contribution in [0.2, 0.25) is 0 Å². The van der Waals surface area contributed by atoms with Gasteiger partial charge >= 0.3 is 0 Å². The van der Waals surface area contributed by atoms with Crippen molar-refractivity contribution >= 4 is 31.9 Å². The van der Waals surface area contributed by atoms with E-state index in [4.69, 9.17) is 4.74 Å². The van der Waals surface area contributed by atoms with Gasteiger partial charge in [0.2, 0.25) is 0 Å². The van der Waals surface area contributed by atoms with Crippen molar-refractivity contribution in [1.29, 1.82) is 0 Å². The molecule has 0 spiro atoms. The average Bonchev–Trinajstić information content (AvgIpc) is 3.03. The number of halogens is 2. The zero-order valence-corrected chi connectivity index (χ0v) is 13.5. The highest BCUT2D eigenvalue weighted by Crippen LogP contribution is 2.24. The first kappa shape index (κ1) is 14.7. The maximum Gasteiger partial charge on any atom is 0.137 e. The highest BCUT2D eigenvalue weighted by atomic mass is 79.9. The maximum absolute atomic E-state index is 5.65. The third kappa shape index (κ3) is 5.14. The zero-order valence-electron chi connectivity index (χ0n) is 10.3. The Bertz CT molecular complexity index is 549. The molecule has 1 N–H and O–H groups in total. The molecule has 6 heteroatoms. The predicted molar refractivity (Wildman–Crippen MR) is 84.7 cm³/mol. The molecule has 0 aliphatic carbocycles. The van der Waals surface area contributed by atoms with Gasteiger partial charge in [0.15, 0.2) is 0 Å². The van der Waals surface area contributed by atoms with Gasteiger partial charge in [-0.1, -0.05) is 31.9 Å². The van der Waals surface area contributed by atoms with Gasteiger partial charge in [-0.15, -0.1) is 0 Å². The second-order valence-electron chi connectivity index (χ2n) is 3.66. The minimum absolute atomic E-state index is 0.834. The molecule has 4 nitrogen and oxygen atoms in total. The van der Waals surface area contributed by atoms with Crippen LogP contribution in [0.1, 0.15) is 0 Å². The number of ether oxygens (including phenoxy) is 1. The molecule has 0 fully saturated rings. The number of rotatable bonds is 2. The summed E-state index contributed by atoms with van der Waals surface area (Å²) in [5, 5.41) is 5.99. The lowest BCUT2D eigenvalue weighted by Crippen LogP contribution is -1.82. The highest BCUT2D eigenvalue weighted by molar-refractivity contribution is 9.10. The second kappa shape index (κ2) is 7.81. The van der Waals surface area contributed by atoms with E-state index in [1.54, 1.807) is 0 Å². The van der Waals surface area contributed by atoms with Gasteiger partial charge < -0.3 is 4.74 Å². The van der Waals surface area contributed by atoms with E-state index in [2.05, 4.69) is 47.0 Å². The van der Waals surface area contributed by atoms with E-state index in [-0.39, 0.29) is 0 Å². The third-order valence-electron chi connectivity index (χ3n) is 2.19. The molecule has 0 saturated carbocycles. The fourth-order valence-corrected chi connectivity index (χ4v) is 1.84. The van der Waals surface area contributed by atoms with Gasteiger partial charge in [-0.3, -0.25) is 5.10 Å². The number of hydrogen-bond acceptors (Lipinski definition) is 3. The van der Waals surface area contributed by atoms with Gasteiger partial charge in [0.25, 0.3) is 0 Å². The molecule has 0 unspecified atom stereocenters. The van der Waals surface area contributed by atoms with Crippen LogP contribution in [0, 0.1) is 0 Å². The summed E-state index contributed by atoms with van der Waals surface area (Å²) in [4.78, 5) is 3.56. The number of aromatic nitrogens is 3. The Morgan fingerprint density at radius 2 is 1.30 bits per heavy atom. The Labute approximate surface area is 133 Å². The van der Waals surface area contributed by atoms with Crippen molar-refractivity contribution in [2.24, 2.45) is 0 Å². The van der Waals surface area contributed by atoms with Gasteiger partial charge in [0.05, 0.1) is 0 Å². The van der Waals surface area contributed by atoms with Crippen molar-refractivity contribution in [3.63, 3.8) is 0 Å². The summed E-state index contributed by atoms with van der Waals surface area (Å²) >= 11 is 6.76. The van der Waals surface area contributed by atoms with E-state index >= 15 is 0 Å². The topological polar surface area (TPSA) is 50.8 Å². The molecule has 2 aromatic carbocycles. The molecule has 0 bridgehead atoms. The molecule has 0 aliphatic heterocycles. The summed E-state index contributed by atoms with van der Waals surface area (Å²) in [7, 11) is 0. The molecule has 0 amide bonds. The minimum Gasteiger partial charge on any atom is -0.457 e. The first-order valence-corrected chi connectivity index (χ1v) is 7.30. The molecule has 3 rings (SSSR count). The lowest BCUT2D eigenvalue weighted by atomic mass is 10.3. The van der Waals surface area contributed by atoms with Crippen LogP contribution >= 0.6 is 31.9 Å². The number of nitrogens with one attached hydrogen (secondary N) is 1. The third-order valence-corrected chi connectivity index (χ3v) is 3.25. The molecule has 1 aromatic heterocycles. The maximum atomic E-state index is 5.65. The molecule has 0 saturated heterocycles. The fourth-order valence-electron chi connectivity index (χ4n) is 1.31. The first-order chi connectivity index (χ1) is 9.74. The number of hydrogen-bond donors (Lipinski definition) is 1. The second-order valence-corrected chi connectivity index (χ2v) is 5.49. The van der Waals surface area contributed by atoms with Gasteiger partial charge in [-0.25, -0.2) is 4.98 Å². The first-order valence-electron chi connectivity index (χ1n) is 5.72. The Balaban J connectivity index is 0.000000247. The van der Waals surface area contributed by atoms with Gasteiger partial charge in [0.1, 0.15) is 24.2 Å². The van der Waals surface area contributed by atoms with Crippen LogP contribution in [0.4, 0.5) is 0 Å². The van der Waals surface area contributed by atoms with E-state index in [0.717, 1.165) is 20.4 Å². The van der Waals surface area contributed by atoms with Crippen LogP contribution in [0.15, 0.2) is 70.1 Å². The van der Waals surface area contributed by atoms with Crippen LogP contribution < -0.4 is 4.74 Å². The van der Waals surface area contributed by atoms with E-state index < -0.39 is 0 Å². The normalized spacial score (nSPS) is 9.50. The molecule has 3 aromatic rings. The molecular weight excluding hydrogens is 386 g/mol. The Morgan fingerprint density at radius 1 is 0.800 bits per heavy atom. The van der Waals surface area contributed by atoms with Gasteiger partial charge in [0, 0.05) is 8.95 Å². The van der Waals surface area contributed by atoms with Gasteiger partial charge in [-0.2, -0.15) is 5.10 Å². The Hall–Kier alpha value is -1.66. The largest absolute Gasteiger partial charge is 0.457 e. The van der Waals surface area contributed by atoms with E-state index in [1.165, 1.54) is 12.7 Å². The van der Waals surface area contributed by atoms with Crippen LogP contribution in [0.25, 0.3) is 0 Å². The van der Waals surface area contributed by atoms with Crippen LogP contribution in [-0.2, 0) is 0 Å². The average molecular weight is 397 g/mol. The van der Waals surface area contributed by atoms with E-state index in [9.17, 15) is 0 Å². The summed E-state index contributed by atoms with van der Waals surface area (Å²) in [6, 6.07) is 15.5. The highest BCUT2D eigenvalue weighted by Gasteiger charge is 1.96. The van der Waals surface area contributed by atoms with Crippen LogP contribution in [0.3, 0.4) is 0 Å². The Morgan fingerprint density at radius 3 is 1.60 bits per heavy atom. The molecule has 102 valence electrons. The Kier molecular flexibility index (Phi) is 5.76. The summed E-state index contributed by atoms with van der Waals surface area (Å²) in [6.45, 7) is 0. The summed E-state index contributed by atoms with van der Waals surface area (Å²) in [5.74, 6) is 1.67. The quantitative estimate of drug-likeness (QED) is 0.676.